The van der Waals surface area contributed by atoms with Crippen LogP contribution in [0.15, 0.2) is 28.1 Å². The minimum absolute atomic E-state index is 0.592. The van der Waals surface area contributed by atoms with Crippen LogP contribution in [0.4, 0.5) is 0 Å². The summed E-state index contributed by atoms with van der Waals surface area (Å²) in [5, 5.41) is 12.4. The predicted molar refractivity (Wildman–Crippen MR) is 63.5 cm³/mol. The first-order valence-corrected chi connectivity index (χ1v) is 6.44. The lowest BCUT2D eigenvalue weighted by Gasteiger charge is -2.29. The number of hydrogen-bond acceptors (Lipinski definition) is 2. The maximum absolute atomic E-state index is 10.4. The lowest BCUT2D eigenvalue weighted by atomic mass is 9.85. The standard InChI is InChI=1S/C11H13BrOS/c1-8-2-5-11(13,6-3-8)10-9(12)4-7-14-10/h2,4-5,7-8,13H,3,6H2,1H3. The van der Waals surface area contributed by atoms with E-state index < -0.39 is 5.60 Å². The van der Waals surface area contributed by atoms with E-state index in [0.29, 0.717) is 5.92 Å². The van der Waals surface area contributed by atoms with Crippen molar-refractivity contribution in [2.75, 3.05) is 0 Å². The zero-order valence-corrected chi connectivity index (χ0v) is 10.4. The van der Waals surface area contributed by atoms with Gasteiger partial charge in [0.1, 0.15) is 5.60 Å². The Morgan fingerprint density at radius 3 is 2.93 bits per heavy atom. The molecule has 2 atom stereocenters. The van der Waals surface area contributed by atoms with Crippen molar-refractivity contribution in [2.24, 2.45) is 5.92 Å². The van der Waals surface area contributed by atoms with Gasteiger partial charge < -0.3 is 5.11 Å². The molecule has 76 valence electrons. The van der Waals surface area contributed by atoms with Gasteiger partial charge in [-0.25, -0.2) is 0 Å². The highest BCUT2D eigenvalue weighted by Gasteiger charge is 2.32. The molecule has 0 fully saturated rings. The molecular formula is C11H13BrOS. The van der Waals surface area contributed by atoms with Crippen LogP contribution in [0.2, 0.25) is 0 Å². The Morgan fingerprint density at radius 1 is 1.64 bits per heavy atom. The molecule has 1 aliphatic rings. The van der Waals surface area contributed by atoms with E-state index in [1.165, 1.54) is 0 Å². The van der Waals surface area contributed by atoms with Crippen LogP contribution in [0.5, 0.6) is 0 Å². The summed E-state index contributed by atoms with van der Waals surface area (Å²) in [6.07, 6.45) is 5.93. The van der Waals surface area contributed by atoms with E-state index in [2.05, 4.69) is 28.9 Å². The number of aliphatic hydroxyl groups is 1. The van der Waals surface area contributed by atoms with Crippen LogP contribution in [0.3, 0.4) is 0 Å². The number of rotatable bonds is 1. The molecule has 0 radical (unpaired) electrons. The van der Waals surface area contributed by atoms with Crippen LogP contribution in [-0.4, -0.2) is 5.11 Å². The lowest BCUT2D eigenvalue weighted by Crippen LogP contribution is -2.25. The SMILES string of the molecule is CC1C=CC(O)(c2sccc2Br)CC1. The molecule has 0 aromatic carbocycles. The van der Waals surface area contributed by atoms with Gasteiger partial charge >= 0.3 is 0 Å². The van der Waals surface area contributed by atoms with E-state index in [-0.39, 0.29) is 0 Å². The first-order valence-electron chi connectivity index (χ1n) is 4.77. The average molecular weight is 273 g/mol. The molecule has 0 bridgehead atoms. The van der Waals surface area contributed by atoms with Crippen molar-refractivity contribution in [1.82, 2.24) is 0 Å². The second-order valence-corrected chi connectivity index (χ2v) is 5.67. The molecule has 1 aromatic heterocycles. The highest BCUT2D eigenvalue weighted by atomic mass is 79.9. The fraction of sp³-hybridized carbons (Fsp3) is 0.455. The van der Waals surface area contributed by atoms with Crippen molar-refractivity contribution >= 4 is 27.3 Å². The molecule has 2 unspecified atom stereocenters. The molecule has 0 saturated heterocycles. The van der Waals surface area contributed by atoms with Crippen molar-refractivity contribution in [2.45, 2.75) is 25.4 Å². The Kier molecular flexibility index (Phi) is 2.82. The first kappa shape index (κ1) is 10.4. The summed E-state index contributed by atoms with van der Waals surface area (Å²) in [4.78, 5) is 1.03. The fourth-order valence-electron chi connectivity index (χ4n) is 1.74. The summed E-state index contributed by atoms with van der Waals surface area (Å²) in [6, 6.07) is 1.99. The summed E-state index contributed by atoms with van der Waals surface area (Å²) in [5.74, 6) is 0.592. The summed E-state index contributed by atoms with van der Waals surface area (Å²) in [7, 11) is 0. The van der Waals surface area contributed by atoms with Crippen molar-refractivity contribution in [3.05, 3.63) is 32.9 Å². The predicted octanol–water partition coefficient (Wildman–Crippen LogP) is 3.68. The quantitative estimate of drug-likeness (QED) is 0.774. The maximum atomic E-state index is 10.4. The fourth-order valence-corrected chi connectivity index (χ4v) is 3.57. The Bertz CT molecular complexity index is 358. The third-order valence-electron chi connectivity index (χ3n) is 2.69. The Balaban J connectivity index is 2.34. The molecule has 1 heterocycles. The molecule has 0 aliphatic heterocycles. The molecule has 1 aliphatic carbocycles. The summed E-state index contributed by atoms with van der Waals surface area (Å²) >= 11 is 5.08. The van der Waals surface area contributed by atoms with Crippen LogP contribution >= 0.6 is 27.3 Å². The van der Waals surface area contributed by atoms with Crippen LogP contribution < -0.4 is 0 Å². The highest BCUT2D eigenvalue weighted by Crippen LogP contribution is 2.40. The highest BCUT2D eigenvalue weighted by molar-refractivity contribution is 9.10. The Labute approximate surface area is 96.6 Å². The minimum atomic E-state index is -0.737. The Morgan fingerprint density at radius 2 is 2.43 bits per heavy atom. The molecule has 14 heavy (non-hydrogen) atoms. The third-order valence-corrected chi connectivity index (χ3v) is 4.70. The monoisotopic (exact) mass is 272 g/mol. The van der Waals surface area contributed by atoms with E-state index in [0.717, 1.165) is 22.2 Å². The first-order chi connectivity index (χ1) is 6.62. The van der Waals surface area contributed by atoms with Gasteiger partial charge in [-0.15, -0.1) is 11.3 Å². The lowest BCUT2D eigenvalue weighted by molar-refractivity contribution is 0.0704. The van der Waals surface area contributed by atoms with Gasteiger partial charge in [0.25, 0.3) is 0 Å². The molecule has 0 saturated carbocycles. The van der Waals surface area contributed by atoms with E-state index in [9.17, 15) is 5.11 Å². The van der Waals surface area contributed by atoms with Crippen molar-refractivity contribution < 1.29 is 5.11 Å². The van der Waals surface area contributed by atoms with Crippen molar-refractivity contribution in [1.29, 1.82) is 0 Å². The van der Waals surface area contributed by atoms with Crippen LogP contribution in [0.25, 0.3) is 0 Å². The maximum Gasteiger partial charge on any atom is 0.118 e. The second-order valence-electron chi connectivity index (χ2n) is 3.90. The minimum Gasteiger partial charge on any atom is -0.380 e. The van der Waals surface area contributed by atoms with Gasteiger partial charge in [0.2, 0.25) is 0 Å². The van der Waals surface area contributed by atoms with Gasteiger partial charge in [-0.1, -0.05) is 19.1 Å². The van der Waals surface area contributed by atoms with Gasteiger partial charge in [0.15, 0.2) is 0 Å². The number of thiophene rings is 1. The molecule has 1 N–H and O–H groups in total. The average Bonchev–Trinajstić information content (AvgIpc) is 2.58. The number of hydrogen-bond donors (Lipinski definition) is 1. The third kappa shape index (κ3) is 1.81. The van der Waals surface area contributed by atoms with Gasteiger partial charge in [-0.2, -0.15) is 0 Å². The summed E-state index contributed by atoms with van der Waals surface area (Å²) in [6.45, 7) is 2.18. The van der Waals surface area contributed by atoms with Crippen LogP contribution in [-0.2, 0) is 5.60 Å². The van der Waals surface area contributed by atoms with Crippen LogP contribution in [0.1, 0.15) is 24.6 Å². The van der Waals surface area contributed by atoms with Gasteiger partial charge in [-0.05, 0) is 46.1 Å². The van der Waals surface area contributed by atoms with Crippen LogP contribution in [0, 0.1) is 5.92 Å². The largest absolute Gasteiger partial charge is 0.380 e. The zero-order valence-electron chi connectivity index (χ0n) is 8.03. The molecule has 0 amide bonds. The van der Waals surface area contributed by atoms with E-state index in [1.54, 1.807) is 11.3 Å². The van der Waals surface area contributed by atoms with Gasteiger partial charge in [-0.3, -0.25) is 0 Å². The Hall–Kier alpha value is -0.120. The number of halogens is 1. The topological polar surface area (TPSA) is 20.2 Å². The normalized spacial score (nSPS) is 32.1. The smallest absolute Gasteiger partial charge is 0.118 e. The molecule has 1 aromatic rings. The van der Waals surface area contributed by atoms with Gasteiger partial charge in [0.05, 0.1) is 4.88 Å². The number of allylic oxidation sites excluding steroid dienone is 1. The molecule has 3 heteroatoms. The zero-order chi connectivity index (χ0) is 10.2. The summed E-state index contributed by atoms with van der Waals surface area (Å²) in [5.41, 5.74) is -0.737. The summed E-state index contributed by atoms with van der Waals surface area (Å²) < 4.78 is 1.02. The van der Waals surface area contributed by atoms with Gasteiger partial charge in [0, 0.05) is 4.47 Å². The van der Waals surface area contributed by atoms with E-state index >= 15 is 0 Å². The molecule has 0 spiro atoms. The molecular weight excluding hydrogens is 260 g/mol. The van der Waals surface area contributed by atoms with Crippen molar-refractivity contribution in [3.63, 3.8) is 0 Å². The molecule has 2 rings (SSSR count). The van der Waals surface area contributed by atoms with E-state index in [4.69, 9.17) is 0 Å². The second kappa shape index (κ2) is 3.80. The van der Waals surface area contributed by atoms with E-state index in [1.807, 2.05) is 17.5 Å². The molecule has 1 nitrogen and oxygen atoms in total. The van der Waals surface area contributed by atoms with Crippen molar-refractivity contribution in [3.8, 4) is 0 Å².